The molecule has 144 valence electrons. The zero-order chi connectivity index (χ0) is 18.4. The van der Waals surface area contributed by atoms with Crippen molar-refractivity contribution in [2.24, 2.45) is 10.4 Å². The van der Waals surface area contributed by atoms with Gasteiger partial charge in [-0.2, -0.15) is 0 Å². The first-order valence-electron chi connectivity index (χ1n) is 10.1. The number of benzene rings is 1. The number of para-hydroxylation sites is 1. The number of likely N-dealkylation sites (tertiary alicyclic amines) is 1. The van der Waals surface area contributed by atoms with Crippen LogP contribution in [-0.4, -0.2) is 63.3 Å². The Kier molecular flexibility index (Phi) is 6.41. The van der Waals surface area contributed by atoms with Crippen molar-refractivity contribution in [3.63, 3.8) is 0 Å². The molecule has 0 radical (unpaired) electrons. The molecule has 5 nitrogen and oxygen atoms in total. The van der Waals surface area contributed by atoms with E-state index in [1.165, 1.54) is 24.1 Å². The Labute approximate surface area is 158 Å². The Balaban J connectivity index is 1.61. The van der Waals surface area contributed by atoms with Gasteiger partial charge in [-0.25, -0.2) is 0 Å². The van der Waals surface area contributed by atoms with Crippen molar-refractivity contribution in [3.8, 4) is 0 Å². The summed E-state index contributed by atoms with van der Waals surface area (Å²) in [4.78, 5) is 9.79. The summed E-state index contributed by atoms with van der Waals surface area (Å²) in [6.45, 7) is 14.2. The molecule has 1 spiro atoms. The topological polar surface area (TPSA) is 40.1 Å². The van der Waals surface area contributed by atoms with Crippen LogP contribution >= 0.6 is 0 Å². The van der Waals surface area contributed by atoms with Gasteiger partial charge in [0.2, 0.25) is 0 Å². The summed E-state index contributed by atoms with van der Waals surface area (Å²) in [5.74, 6) is 1.07. The van der Waals surface area contributed by atoms with Crippen LogP contribution in [0.3, 0.4) is 0 Å². The normalized spacial score (nSPS) is 23.0. The van der Waals surface area contributed by atoms with Gasteiger partial charge in [-0.15, -0.1) is 0 Å². The van der Waals surface area contributed by atoms with Crippen LogP contribution < -0.4 is 10.2 Å². The number of aliphatic imine (C=N–C) groups is 1. The molecule has 1 N–H and O–H groups in total. The maximum absolute atomic E-state index is 5.66. The average Bonchev–Trinajstić information content (AvgIpc) is 3.29. The van der Waals surface area contributed by atoms with E-state index in [4.69, 9.17) is 9.73 Å². The van der Waals surface area contributed by atoms with E-state index in [0.717, 1.165) is 58.4 Å². The van der Waals surface area contributed by atoms with E-state index in [9.17, 15) is 0 Å². The minimum atomic E-state index is 0.368. The summed E-state index contributed by atoms with van der Waals surface area (Å²) < 4.78 is 5.66. The van der Waals surface area contributed by atoms with Crippen molar-refractivity contribution in [3.05, 3.63) is 29.8 Å². The second-order valence-electron chi connectivity index (χ2n) is 7.58. The highest BCUT2D eigenvalue weighted by Crippen LogP contribution is 2.38. The number of rotatable bonds is 6. The van der Waals surface area contributed by atoms with E-state index < -0.39 is 0 Å². The van der Waals surface area contributed by atoms with Crippen LogP contribution in [0.25, 0.3) is 0 Å². The highest BCUT2D eigenvalue weighted by molar-refractivity contribution is 5.80. The molecule has 5 heteroatoms. The minimum absolute atomic E-state index is 0.368. The minimum Gasteiger partial charge on any atom is -0.381 e. The molecule has 2 aliphatic rings. The van der Waals surface area contributed by atoms with Crippen LogP contribution in [0.2, 0.25) is 0 Å². The molecule has 1 aromatic carbocycles. The standard InChI is InChI=1S/C21H34N4O/c1-4-22-20(25-13-10-21(16-25)11-15-26-17-21)23-12-14-24(5-2)19-9-7-6-8-18(19)3/h6-9H,4-5,10-17H2,1-3H3,(H,22,23). The molecule has 3 rings (SSSR count). The number of anilines is 1. The Hall–Kier alpha value is -1.75. The molecule has 0 amide bonds. The molecule has 0 aliphatic carbocycles. The lowest BCUT2D eigenvalue weighted by atomic mass is 9.87. The van der Waals surface area contributed by atoms with Crippen LogP contribution in [0.4, 0.5) is 5.69 Å². The number of aryl methyl sites for hydroxylation is 1. The van der Waals surface area contributed by atoms with Crippen LogP contribution in [0.1, 0.15) is 32.3 Å². The lowest BCUT2D eigenvalue weighted by molar-refractivity contribution is 0.156. The largest absolute Gasteiger partial charge is 0.381 e. The molecule has 0 bridgehead atoms. The molecule has 0 aromatic heterocycles. The van der Waals surface area contributed by atoms with Crippen molar-refractivity contribution >= 4 is 11.6 Å². The van der Waals surface area contributed by atoms with Crippen molar-refractivity contribution in [1.29, 1.82) is 0 Å². The number of nitrogens with zero attached hydrogens (tertiary/aromatic N) is 3. The molecule has 2 saturated heterocycles. The summed E-state index contributed by atoms with van der Waals surface area (Å²) in [7, 11) is 0. The predicted molar refractivity (Wildman–Crippen MR) is 109 cm³/mol. The number of likely N-dealkylation sites (N-methyl/N-ethyl adjacent to an activating group) is 1. The third-order valence-corrected chi connectivity index (χ3v) is 5.73. The van der Waals surface area contributed by atoms with Crippen molar-refractivity contribution in [2.75, 3.05) is 57.4 Å². The van der Waals surface area contributed by atoms with Gasteiger partial charge < -0.3 is 19.9 Å². The Morgan fingerprint density at radius 3 is 2.85 bits per heavy atom. The second kappa shape index (κ2) is 8.76. The maximum Gasteiger partial charge on any atom is 0.193 e. The fourth-order valence-electron chi connectivity index (χ4n) is 4.16. The molecule has 1 unspecified atom stereocenters. The van der Waals surface area contributed by atoms with Crippen molar-refractivity contribution in [1.82, 2.24) is 10.2 Å². The molecule has 2 fully saturated rings. The molecular weight excluding hydrogens is 324 g/mol. The van der Waals surface area contributed by atoms with E-state index in [0.29, 0.717) is 5.41 Å². The molecule has 0 saturated carbocycles. The maximum atomic E-state index is 5.66. The summed E-state index contributed by atoms with van der Waals surface area (Å²) in [6.07, 6.45) is 2.42. The van der Waals surface area contributed by atoms with Gasteiger partial charge in [0.25, 0.3) is 0 Å². The highest BCUT2D eigenvalue weighted by Gasteiger charge is 2.42. The van der Waals surface area contributed by atoms with Crippen LogP contribution in [0, 0.1) is 12.3 Å². The van der Waals surface area contributed by atoms with Gasteiger partial charge >= 0.3 is 0 Å². The second-order valence-corrected chi connectivity index (χ2v) is 7.58. The van der Waals surface area contributed by atoms with E-state index in [1.54, 1.807) is 0 Å². The van der Waals surface area contributed by atoms with E-state index in [1.807, 2.05) is 0 Å². The quantitative estimate of drug-likeness (QED) is 0.627. The third kappa shape index (κ3) is 4.32. The van der Waals surface area contributed by atoms with Gasteiger partial charge in [-0.3, -0.25) is 4.99 Å². The Bertz CT molecular complexity index is 610. The van der Waals surface area contributed by atoms with Gasteiger partial charge in [0.1, 0.15) is 0 Å². The number of nitrogens with one attached hydrogen (secondary N) is 1. The van der Waals surface area contributed by atoms with E-state index >= 15 is 0 Å². The summed E-state index contributed by atoms with van der Waals surface area (Å²) in [5, 5.41) is 3.49. The molecule has 1 aromatic rings. The third-order valence-electron chi connectivity index (χ3n) is 5.73. The van der Waals surface area contributed by atoms with Gasteiger partial charge in [-0.05, 0) is 45.2 Å². The molecule has 2 heterocycles. The number of hydrogen-bond donors (Lipinski definition) is 1. The fraction of sp³-hybridized carbons (Fsp3) is 0.667. The van der Waals surface area contributed by atoms with Gasteiger partial charge in [-0.1, -0.05) is 18.2 Å². The van der Waals surface area contributed by atoms with Crippen molar-refractivity contribution in [2.45, 2.75) is 33.6 Å². The molecule has 1 atom stereocenters. The first-order valence-corrected chi connectivity index (χ1v) is 10.1. The zero-order valence-electron chi connectivity index (χ0n) is 16.6. The molecule has 2 aliphatic heterocycles. The monoisotopic (exact) mass is 358 g/mol. The Morgan fingerprint density at radius 1 is 1.31 bits per heavy atom. The summed E-state index contributed by atoms with van der Waals surface area (Å²) in [5.41, 5.74) is 3.01. The first-order chi connectivity index (χ1) is 12.7. The highest BCUT2D eigenvalue weighted by atomic mass is 16.5. The van der Waals surface area contributed by atoms with Gasteiger partial charge in [0.05, 0.1) is 13.2 Å². The SMILES string of the molecule is CCNC(=NCCN(CC)c1ccccc1C)N1CCC2(CCOC2)C1. The van der Waals surface area contributed by atoms with Gasteiger partial charge in [0, 0.05) is 50.4 Å². The summed E-state index contributed by atoms with van der Waals surface area (Å²) >= 11 is 0. The number of ether oxygens (including phenoxy) is 1. The summed E-state index contributed by atoms with van der Waals surface area (Å²) in [6, 6.07) is 8.60. The lowest BCUT2D eigenvalue weighted by Gasteiger charge is -2.26. The average molecular weight is 359 g/mol. The fourth-order valence-corrected chi connectivity index (χ4v) is 4.16. The van der Waals surface area contributed by atoms with Crippen LogP contribution in [0.5, 0.6) is 0 Å². The predicted octanol–water partition coefficient (Wildman–Crippen LogP) is 2.90. The number of guanidine groups is 1. The number of hydrogen-bond acceptors (Lipinski definition) is 3. The smallest absolute Gasteiger partial charge is 0.193 e. The Morgan fingerprint density at radius 2 is 2.15 bits per heavy atom. The van der Waals surface area contributed by atoms with Crippen LogP contribution in [0.15, 0.2) is 29.3 Å². The zero-order valence-corrected chi connectivity index (χ0v) is 16.6. The first kappa shape index (κ1) is 19.0. The van der Waals surface area contributed by atoms with Gasteiger partial charge in [0.15, 0.2) is 5.96 Å². The molecular formula is C21H34N4O. The lowest BCUT2D eigenvalue weighted by Crippen LogP contribution is -2.42. The van der Waals surface area contributed by atoms with E-state index in [-0.39, 0.29) is 0 Å². The van der Waals surface area contributed by atoms with E-state index in [2.05, 4.69) is 60.2 Å². The van der Waals surface area contributed by atoms with Crippen molar-refractivity contribution < 1.29 is 4.74 Å². The van der Waals surface area contributed by atoms with Crippen LogP contribution in [-0.2, 0) is 4.74 Å². The molecule has 26 heavy (non-hydrogen) atoms.